The fourth-order valence-electron chi connectivity index (χ4n) is 4.00. The summed E-state index contributed by atoms with van der Waals surface area (Å²) in [5, 5.41) is 5.47. The van der Waals surface area contributed by atoms with E-state index in [1.165, 1.54) is 4.70 Å². The number of aryl methyl sites for hydroxylation is 1. The van der Waals surface area contributed by atoms with Crippen molar-refractivity contribution in [3.8, 4) is 5.69 Å². The third-order valence-electron chi connectivity index (χ3n) is 5.56. The molecule has 3 heterocycles. The summed E-state index contributed by atoms with van der Waals surface area (Å²) in [6.07, 6.45) is 3.88. The Kier molecular flexibility index (Phi) is 4.64. The van der Waals surface area contributed by atoms with E-state index >= 15 is 0 Å². The third kappa shape index (κ3) is 3.44. The molecule has 5 nitrogen and oxygen atoms in total. The minimum absolute atomic E-state index is 0.0968. The van der Waals surface area contributed by atoms with E-state index in [1.54, 1.807) is 17.5 Å². The van der Waals surface area contributed by atoms with E-state index in [-0.39, 0.29) is 5.91 Å². The van der Waals surface area contributed by atoms with Crippen molar-refractivity contribution < 1.29 is 4.79 Å². The molecule has 2 aromatic heterocycles. The fraction of sp³-hybridized carbons (Fsp3) is 0.261. The van der Waals surface area contributed by atoms with E-state index in [2.05, 4.69) is 23.3 Å². The lowest BCUT2D eigenvalue weighted by Crippen LogP contribution is -2.39. The monoisotopic (exact) mass is 402 g/mol. The Bertz CT molecular complexity index is 1130. The lowest BCUT2D eigenvalue weighted by molar-refractivity contribution is 0.0707. The van der Waals surface area contributed by atoms with Gasteiger partial charge in [0.15, 0.2) is 0 Å². The predicted octanol–water partition coefficient (Wildman–Crippen LogP) is 4.81. The van der Waals surface area contributed by atoms with Crippen LogP contribution in [0.25, 0.3) is 15.9 Å². The number of amides is 1. The fourth-order valence-corrected chi connectivity index (χ4v) is 5.09. The second kappa shape index (κ2) is 7.44. The van der Waals surface area contributed by atoms with Crippen LogP contribution in [-0.4, -0.2) is 38.7 Å². The number of nitrogens with zero attached hydrogens (tertiary/aromatic N) is 4. The summed E-state index contributed by atoms with van der Waals surface area (Å²) in [6, 6.07) is 17.9. The highest BCUT2D eigenvalue weighted by Gasteiger charge is 2.27. The summed E-state index contributed by atoms with van der Waals surface area (Å²) >= 11 is 1.76. The number of carbonyl (C=O) groups excluding carboxylic acids is 1. The number of aromatic nitrogens is 3. The average molecular weight is 403 g/mol. The molecule has 1 aliphatic heterocycles. The van der Waals surface area contributed by atoms with Crippen LogP contribution in [0.4, 0.5) is 0 Å². The van der Waals surface area contributed by atoms with Crippen LogP contribution in [0.15, 0.2) is 60.8 Å². The Balaban J connectivity index is 1.33. The highest BCUT2D eigenvalue weighted by atomic mass is 32.1. The Morgan fingerprint density at radius 1 is 1.10 bits per heavy atom. The van der Waals surface area contributed by atoms with Crippen molar-refractivity contribution in [2.24, 2.45) is 0 Å². The number of rotatable bonds is 3. The molecule has 0 N–H and O–H groups in total. The minimum atomic E-state index is 0.0968. The number of para-hydroxylation sites is 1. The first-order valence-corrected chi connectivity index (χ1v) is 10.8. The van der Waals surface area contributed by atoms with Gasteiger partial charge in [-0.25, -0.2) is 9.67 Å². The van der Waals surface area contributed by atoms with Crippen molar-refractivity contribution >= 4 is 27.5 Å². The lowest BCUT2D eigenvalue weighted by Gasteiger charge is -2.32. The summed E-state index contributed by atoms with van der Waals surface area (Å²) in [5.41, 5.74) is 3.82. The molecule has 6 heteroatoms. The number of benzene rings is 2. The van der Waals surface area contributed by atoms with Gasteiger partial charge in [-0.1, -0.05) is 12.1 Å². The van der Waals surface area contributed by atoms with Gasteiger partial charge in [0, 0.05) is 36.5 Å². The first kappa shape index (κ1) is 18.1. The third-order valence-corrected chi connectivity index (χ3v) is 6.76. The Morgan fingerprint density at radius 2 is 1.93 bits per heavy atom. The summed E-state index contributed by atoms with van der Waals surface area (Å²) in [4.78, 5) is 19.9. The van der Waals surface area contributed by atoms with E-state index in [0.717, 1.165) is 53.4 Å². The van der Waals surface area contributed by atoms with Crippen LogP contribution in [0, 0.1) is 6.92 Å². The Morgan fingerprint density at radius 3 is 2.69 bits per heavy atom. The normalized spacial score (nSPS) is 17.0. The van der Waals surface area contributed by atoms with Crippen LogP contribution in [0.5, 0.6) is 0 Å². The van der Waals surface area contributed by atoms with Crippen molar-refractivity contribution in [1.29, 1.82) is 0 Å². The zero-order valence-electron chi connectivity index (χ0n) is 16.3. The molecule has 1 aliphatic rings. The molecule has 2 aromatic carbocycles. The second-order valence-electron chi connectivity index (χ2n) is 7.54. The maximum atomic E-state index is 13.1. The molecular formula is C23H22N4OS. The van der Waals surface area contributed by atoms with Crippen molar-refractivity contribution in [3.05, 3.63) is 77.1 Å². The molecule has 0 saturated carbocycles. The van der Waals surface area contributed by atoms with Gasteiger partial charge in [0.05, 0.1) is 20.9 Å². The van der Waals surface area contributed by atoms with Gasteiger partial charge in [0.25, 0.3) is 5.91 Å². The molecule has 0 radical (unpaired) electrons. The van der Waals surface area contributed by atoms with Crippen LogP contribution in [-0.2, 0) is 0 Å². The van der Waals surface area contributed by atoms with Crippen LogP contribution >= 0.6 is 11.3 Å². The lowest BCUT2D eigenvalue weighted by atomic mass is 9.98. The van der Waals surface area contributed by atoms with Crippen LogP contribution in [0.2, 0.25) is 0 Å². The smallest absolute Gasteiger partial charge is 0.253 e. The predicted molar refractivity (Wildman–Crippen MR) is 116 cm³/mol. The first-order valence-electron chi connectivity index (χ1n) is 9.95. The molecule has 4 aromatic rings. The maximum absolute atomic E-state index is 13.1. The summed E-state index contributed by atoms with van der Waals surface area (Å²) < 4.78 is 3.09. The van der Waals surface area contributed by atoms with Gasteiger partial charge < -0.3 is 4.90 Å². The largest absolute Gasteiger partial charge is 0.338 e. The number of thiazole rings is 1. The van der Waals surface area contributed by atoms with Crippen LogP contribution in [0.1, 0.15) is 39.8 Å². The summed E-state index contributed by atoms with van der Waals surface area (Å²) in [5.74, 6) is 0.413. The molecule has 0 aliphatic carbocycles. The maximum Gasteiger partial charge on any atom is 0.253 e. The molecule has 5 rings (SSSR count). The number of piperidine rings is 1. The number of fused-ring (bicyclic) bond motifs is 1. The molecule has 0 spiro atoms. The van der Waals surface area contributed by atoms with Gasteiger partial charge in [-0.05, 0) is 62.2 Å². The molecule has 0 unspecified atom stereocenters. The number of likely N-dealkylation sites (tertiary alicyclic amines) is 1. The number of hydrogen-bond acceptors (Lipinski definition) is 4. The van der Waals surface area contributed by atoms with Crippen molar-refractivity contribution in [1.82, 2.24) is 19.7 Å². The quantitative estimate of drug-likeness (QED) is 0.494. The summed E-state index contributed by atoms with van der Waals surface area (Å²) in [7, 11) is 0. The van der Waals surface area contributed by atoms with Crippen molar-refractivity contribution in [2.45, 2.75) is 25.7 Å². The topological polar surface area (TPSA) is 51.0 Å². The van der Waals surface area contributed by atoms with Crippen molar-refractivity contribution in [3.63, 3.8) is 0 Å². The molecule has 1 atom stereocenters. The first-order chi connectivity index (χ1) is 14.2. The second-order valence-corrected chi connectivity index (χ2v) is 8.60. The van der Waals surface area contributed by atoms with Gasteiger partial charge in [-0.2, -0.15) is 5.10 Å². The molecule has 29 heavy (non-hydrogen) atoms. The van der Waals surface area contributed by atoms with Crippen LogP contribution < -0.4 is 0 Å². The minimum Gasteiger partial charge on any atom is -0.338 e. The number of carbonyl (C=O) groups is 1. The molecule has 0 bridgehead atoms. The van der Waals surface area contributed by atoms with Gasteiger partial charge in [0.1, 0.15) is 0 Å². The molecular weight excluding hydrogens is 380 g/mol. The molecule has 146 valence electrons. The highest BCUT2D eigenvalue weighted by Crippen LogP contribution is 2.33. The van der Waals surface area contributed by atoms with E-state index < -0.39 is 0 Å². The van der Waals surface area contributed by atoms with E-state index in [9.17, 15) is 4.79 Å². The number of hydrogen-bond donors (Lipinski definition) is 0. The SMILES string of the molecule is Cc1ccnn1-c1ccc(C(=O)N2CCC[C@H](c3nc4ccccc4s3)C2)cc1. The van der Waals surface area contributed by atoms with E-state index in [4.69, 9.17) is 4.98 Å². The van der Waals surface area contributed by atoms with Gasteiger partial charge in [-0.3, -0.25) is 4.79 Å². The Hall–Kier alpha value is -2.99. The molecule has 1 saturated heterocycles. The zero-order valence-corrected chi connectivity index (χ0v) is 17.1. The van der Waals surface area contributed by atoms with Gasteiger partial charge in [0.2, 0.25) is 0 Å². The van der Waals surface area contributed by atoms with E-state index in [1.807, 2.05) is 52.9 Å². The molecule has 1 fully saturated rings. The zero-order chi connectivity index (χ0) is 19.8. The average Bonchev–Trinajstić information content (AvgIpc) is 3.39. The highest BCUT2D eigenvalue weighted by molar-refractivity contribution is 7.18. The standard InChI is InChI=1S/C23H22N4OS/c1-16-12-13-24-27(16)19-10-8-17(9-11-19)23(28)26-14-4-5-18(15-26)22-25-20-6-2-3-7-21(20)29-22/h2-3,6-13,18H,4-5,14-15H2,1H3/t18-/m0/s1. The van der Waals surface area contributed by atoms with Gasteiger partial charge >= 0.3 is 0 Å². The van der Waals surface area contributed by atoms with Crippen LogP contribution in [0.3, 0.4) is 0 Å². The molecule has 1 amide bonds. The van der Waals surface area contributed by atoms with Gasteiger partial charge in [-0.15, -0.1) is 11.3 Å². The summed E-state index contributed by atoms with van der Waals surface area (Å²) in [6.45, 7) is 3.56. The van der Waals surface area contributed by atoms with Crippen molar-refractivity contribution in [2.75, 3.05) is 13.1 Å². The van der Waals surface area contributed by atoms with E-state index in [0.29, 0.717) is 5.92 Å². The Labute approximate surface area is 173 Å².